The molecule has 0 saturated heterocycles. The first-order valence-corrected chi connectivity index (χ1v) is 23.5. The third-order valence-corrected chi connectivity index (χ3v) is 13.2. The van der Waals surface area contributed by atoms with Gasteiger partial charge in [-0.15, -0.1) is 0 Å². The summed E-state index contributed by atoms with van der Waals surface area (Å²) in [4.78, 5) is 0. The zero-order valence-corrected chi connectivity index (χ0v) is 41.2. The maximum absolute atomic E-state index is 2.38. The highest BCUT2D eigenvalue weighted by atomic mass is 14.2. The molecule has 0 heteroatoms. The molecule has 0 N–H and O–H groups in total. The monoisotopic (exact) mass is 857 g/mol. The van der Waals surface area contributed by atoms with Crippen LogP contribution in [-0.2, 0) is 0 Å². The molecule has 8 aromatic carbocycles. The standard InChI is InChI=1S/C66H64/c1-41-31-45(5)62(46(6)32-41)60(63-47(7)33-42(2)34-48(63)8)39-55-23-19-53(20-24-55)27-29-58-17-13-15-57-16-14-18-59(66(57)58)30-28-54-21-25-56(26-22-54)40-61(64-49(9)35-43(3)36-50(64)10)65-51(11)37-44(4)38-52(65)12/h13-40H,1-12H3/b29-27-,30-28-. The Bertz CT molecular complexity index is 2830. The number of fused-ring (bicyclic) bond motifs is 1. The van der Waals surface area contributed by atoms with Crippen molar-refractivity contribution in [2.45, 2.75) is 83.1 Å². The molecule has 328 valence electrons. The fraction of sp³-hybridized carbons (Fsp3) is 0.182. The molecule has 0 aliphatic heterocycles. The second-order valence-electron chi connectivity index (χ2n) is 19.0. The molecule has 0 heterocycles. The van der Waals surface area contributed by atoms with Crippen molar-refractivity contribution < 1.29 is 0 Å². The Labute approximate surface area is 395 Å². The highest BCUT2D eigenvalue weighted by molar-refractivity contribution is 6.01. The van der Waals surface area contributed by atoms with Gasteiger partial charge in [0.05, 0.1) is 0 Å². The van der Waals surface area contributed by atoms with Crippen molar-refractivity contribution in [3.63, 3.8) is 0 Å². The first kappa shape index (κ1) is 45.5. The molecule has 8 aromatic rings. The van der Waals surface area contributed by atoms with E-state index in [-0.39, 0.29) is 0 Å². The largest absolute Gasteiger partial charge is 0.0610 e. The first-order chi connectivity index (χ1) is 31.6. The van der Waals surface area contributed by atoms with E-state index in [1.54, 1.807) is 0 Å². The van der Waals surface area contributed by atoms with Crippen LogP contribution in [0.5, 0.6) is 0 Å². The van der Waals surface area contributed by atoms with Crippen LogP contribution in [0.3, 0.4) is 0 Å². The van der Waals surface area contributed by atoms with Gasteiger partial charge in [0.15, 0.2) is 0 Å². The van der Waals surface area contributed by atoms with Crippen LogP contribution in [0.1, 0.15) is 122 Å². The SMILES string of the molecule is Cc1cc(C)c(C(=Cc2ccc(/C=C\c3cccc4cccc(/C=C\c5ccc(C=C(c6c(C)cc(C)cc6C)c6c(C)cc(C)cc6C)cc5)c34)cc2)c2c(C)cc(C)cc2C)c(C)c1. The van der Waals surface area contributed by atoms with E-state index in [4.69, 9.17) is 0 Å². The number of benzene rings is 8. The third-order valence-electron chi connectivity index (χ3n) is 13.2. The summed E-state index contributed by atoms with van der Waals surface area (Å²) in [6.07, 6.45) is 13.8. The minimum absolute atomic E-state index is 1.17. The van der Waals surface area contributed by atoms with Gasteiger partial charge in [-0.2, -0.15) is 0 Å². The van der Waals surface area contributed by atoms with Crippen molar-refractivity contribution in [2.24, 2.45) is 0 Å². The van der Waals surface area contributed by atoms with Crippen LogP contribution in [-0.4, -0.2) is 0 Å². The van der Waals surface area contributed by atoms with Gasteiger partial charge in [-0.25, -0.2) is 0 Å². The predicted octanol–water partition coefficient (Wildman–Crippen LogP) is 18.1. The molecule has 0 atom stereocenters. The number of rotatable bonds is 10. The van der Waals surface area contributed by atoms with E-state index < -0.39 is 0 Å². The maximum atomic E-state index is 2.38. The van der Waals surface area contributed by atoms with E-state index in [0.29, 0.717) is 0 Å². The molecule has 0 saturated carbocycles. The fourth-order valence-corrected chi connectivity index (χ4v) is 10.7. The molecule has 0 amide bonds. The predicted molar refractivity (Wildman–Crippen MR) is 291 cm³/mol. The van der Waals surface area contributed by atoms with Crippen molar-refractivity contribution in [3.05, 3.63) is 256 Å². The normalized spacial score (nSPS) is 11.5. The van der Waals surface area contributed by atoms with Gasteiger partial charge < -0.3 is 0 Å². The smallest absolute Gasteiger partial charge is 0.00389 e. The number of aryl methyl sites for hydroxylation is 12. The molecular formula is C66H64. The number of hydrogen-bond acceptors (Lipinski definition) is 0. The van der Waals surface area contributed by atoms with Gasteiger partial charge >= 0.3 is 0 Å². The Morgan fingerprint density at radius 3 is 0.818 bits per heavy atom. The summed E-state index contributed by atoms with van der Waals surface area (Å²) in [6.45, 7) is 26.7. The molecule has 0 aliphatic rings. The van der Waals surface area contributed by atoms with Crippen molar-refractivity contribution >= 4 is 58.4 Å². The molecule has 66 heavy (non-hydrogen) atoms. The molecule has 0 fully saturated rings. The lowest BCUT2D eigenvalue weighted by molar-refractivity contribution is 1.25. The first-order valence-electron chi connectivity index (χ1n) is 23.5. The molecule has 0 unspecified atom stereocenters. The van der Waals surface area contributed by atoms with E-state index >= 15 is 0 Å². The van der Waals surface area contributed by atoms with E-state index in [1.807, 2.05) is 0 Å². The molecule has 0 radical (unpaired) electrons. The van der Waals surface area contributed by atoms with Crippen molar-refractivity contribution in [1.29, 1.82) is 0 Å². The van der Waals surface area contributed by atoms with Crippen LogP contribution in [0, 0.1) is 83.1 Å². The molecule has 0 spiro atoms. The summed E-state index contributed by atoms with van der Waals surface area (Å²) in [7, 11) is 0. The van der Waals surface area contributed by atoms with Crippen LogP contribution in [0.15, 0.2) is 133 Å². The van der Waals surface area contributed by atoms with Gasteiger partial charge in [-0.05, 0) is 217 Å². The zero-order valence-electron chi connectivity index (χ0n) is 41.2. The topological polar surface area (TPSA) is 0 Å². The van der Waals surface area contributed by atoms with Crippen LogP contribution in [0.2, 0.25) is 0 Å². The summed E-state index contributed by atoms with van der Waals surface area (Å²) in [6, 6.07) is 49.7. The van der Waals surface area contributed by atoms with Gasteiger partial charge in [0.2, 0.25) is 0 Å². The summed E-state index contributed by atoms with van der Waals surface area (Å²) in [5, 5.41) is 2.48. The molecule has 0 nitrogen and oxygen atoms in total. The van der Waals surface area contributed by atoms with Gasteiger partial charge in [0, 0.05) is 0 Å². The molecule has 0 bridgehead atoms. The second-order valence-corrected chi connectivity index (χ2v) is 19.0. The lowest BCUT2D eigenvalue weighted by Crippen LogP contribution is -2.01. The fourth-order valence-electron chi connectivity index (χ4n) is 10.7. The highest BCUT2D eigenvalue weighted by Gasteiger charge is 2.18. The average Bonchev–Trinajstić information content (AvgIpc) is 3.24. The van der Waals surface area contributed by atoms with Crippen molar-refractivity contribution in [2.75, 3.05) is 0 Å². The Morgan fingerprint density at radius 1 is 0.288 bits per heavy atom. The van der Waals surface area contributed by atoms with Crippen LogP contribution in [0.25, 0.3) is 58.4 Å². The lowest BCUT2D eigenvalue weighted by atomic mass is 9.84. The van der Waals surface area contributed by atoms with E-state index in [2.05, 4.69) is 253 Å². The van der Waals surface area contributed by atoms with Crippen LogP contribution in [0.4, 0.5) is 0 Å². The number of hydrogen-bond donors (Lipinski definition) is 0. The van der Waals surface area contributed by atoms with Crippen LogP contribution >= 0.6 is 0 Å². The lowest BCUT2D eigenvalue weighted by Gasteiger charge is -2.20. The summed E-state index contributed by atoms with van der Waals surface area (Å²) < 4.78 is 0. The molecule has 8 rings (SSSR count). The van der Waals surface area contributed by atoms with Gasteiger partial charge in [-0.3, -0.25) is 0 Å². The quantitative estimate of drug-likeness (QED) is 0.120. The van der Waals surface area contributed by atoms with E-state index in [0.717, 1.165) is 0 Å². The summed E-state index contributed by atoms with van der Waals surface area (Å²) in [5.41, 5.74) is 30.7. The van der Waals surface area contributed by atoms with Gasteiger partial charge in [0.1, 0.15) is 0 Å². The minimum atomic E-state index is 1.17. The highest BCUT2D eigenvalue weighted by Crippen LogP contribution is 2.38. The average molecular weight is 857 g/mol. The Kier molecular flexibility index (Phi) is 13.3. The molecular weight excluding hydrogens is 793 g/mol. The Hall–Kier alpha value is -7.02. The third kappa shape index (κ3) is 9.80. The van der Waals surface area contributed by atoms with Crippen molar-refractivity contribution in [3.8, 4) is 0 Å². The minimum Gasteiger partial charge on any atom is -0.0610 e. The maximum Gasteiger partial charge on any atom is -0.00389 e. The molecule has 0 aliphatic carbocycles. The van der Waals surface area contributed by atoms with Crippen molar-refractivity contribution in [1.82, 2.24) is 0 Å². The molecule has 0 aromatic heterocycles. The summed E-state index contributed by atoms with van der Waals surface area (Å²) >= 11 is 0. The summed E-state index contributed by atoms with van der Waals surface area (Å²) in [5.74, 6) is 0. The Morgan fingerprint density at radius 2 is 0.545 bits per heavy atom. The van der Waals surface area contributed by atoms with E-state index in [1.165, 1.54) is 144 Å². The van der Waals surface area contributed by atoms with Gasteiger partial charge in [0.25, 0.3) is 0 Å². The Balaban J connectivity index is 1.08. The van der Waals surface area contributed by atoms with Gasteiger partial charge in [-0.1, -0.05) is 180 Å². The zero-order chi connectivity index (χ0) is 46.8. The van der Waals surface area contributed by atoms with E-state index in [9.17, 15) is 0 Å². The van der Waals surface area contributed by atoms with Crippen LogP contribution < -0.4 is 0 Å². The second kappa shape index (κ2) is 19.2.